The highest BCUT2D eigenvalue weighted by molar-refractivity contribution is 7.31. The van der Waals surface area contributed by atoms with E-state index in [4.69, 9.17) is 5.73 Å². The van der Waals surface area contributed by atoms with Gasteiger partial charge in [-0.05, 0) is 0 Å². The smallest absolute Gasteiger partial charge is 0.214 e. The Hall–Kier alpha value is -0.0962. The van der Waals surface area contributed by atoms with E-state index in [1.54, 1.807) is 0 Å². The maximum Gasteiger partial charge on any atom is 0.214 e. The Bertz CT molecular complexity index is 130. The normalized spacial score (nSPS) is 14.8. The molecule has 2 nitrogen and oxygen atoms in total. The Balaban J connectivity index is 3.85. The van der Waals surface area contributed by atoms with Crippen LogP contribution in [0.1, 0.15) is 0 Å². The highest BCUT2D eigenvalue weighted by Gasteiger charge is 2.24. The molecule has 60 valence electrons. The van der Waals surface area contributed by atoms with E-state index >= 15 is 0 Å². The zero-order valence-electron chi connectivity index (χ0n) is 7.27. The quantitative estimate of drug-likeness (QED) is 0.632. The molecule has 0 fully saturated rings. The number of hydrogen-bond acceptors (Lipinski definition) is 1. The van der Waals surface area contributed by atoms with Gasteiger partial charge in [0, 0.05) is 21.9 Å². The summed E-state index contributed by atoms with van der Waals surface area (Å²) in [5.74, 6) is -0.110. The van der Waals surface area contributed by atoms with E-state index in [2.05, 4.69) is 26.2 Å². The molecule has 2 N–H and O–H groups in total. The van der Waals surface area contributed by atoms with Crippen LogP contribution in [0.25, 0.3) is 0 Å². The van der Waals surface area contributed by atoms with E-state index < -0.39 is 15.9 Å². The molecule has 1 amide bonds. The minimum atomic E-state index is -0.985. The first-order chi connectivity index (χ1) is 4.34. The lowest BCUT2D eigenvalue weighted by atomic mass is 10.8. The number of primary amides is 1. The van der Waals surface area contributed by atoms with Gasteiger partial charge < -0.3 is 5.73 Å². The third kappa shape index (κ3) is 3.84. The average Bonchev–Trinajstić information content (AvgIpc) is 1.60. The van der Waals surface area contributed by atoms with Crippen LogP contribution < -0.4 is 5.73 Å². The van der Waals surface area contributed by atoms with Crippen molar-refractivity contribution in [2.75, 3.05) is 0 Å². The van der Waals surface area contributed by atoms with Crippen molar-refractivity contribution in [3.8, 4) is 0 Å². The van der Waals surface area contributed by atoms with E-state index in [-0.39, 0.29) is 5.91 Å². The second kappa shape index (κ2) is 3.34. The number of nitrogens with two attached hydrogens (primary N) is 1. The number of carbonyl (C=O) groups is 1. The maximum atomic E-state index is 10.5. The lowest BCUT2D eigenvalue weighted by molar-refractivity contribution is -0.115. The molecule has 0 spiro atoms. The van der Waals surface area contributed by atoms with Gasteiger partial charge in [-0.15, -0.1) is 0 Å². The van der Waals surface area contributed by atoms with E-state index in [1.165, 1.54) is 0 Å². The van der Waals surface area contributed by atoms with Crippen molar-refractivity contribution < 1.29 is 4.79 Å². The highest BCUT2D eigenvalue weighted by atomic mass is 29.2. The molecular formula is C6H17NOSi2. The third-order valence-corrected chi connectivity index (χ3v) is 15.4. The van der Waals surface area contributed by atoms with Crippen LogP contribution in [0.5, 0.6) is 0 Å². The minimum Gasteiger partial charge on any atom is -0.370 e. The molecular weight excluding hydrogens is 158 g/mol. The summed E-state index contributed by atoms with van der Waals surface area (Å²) in [6, 6.07) is 0.690. The largest absolute Gasteiger partial charge is 0.370 e. The number of carbonyl (C=O) groups excluding carboxylic acids is 1. The molecule has 0 aromatic carbocycles. The predicted octanol–water partition coefficient (Wildman–Crippen LogP) is 0.745. The van der Waals surface area contributed by atoms with Gasteiger partial charge in [-0.2, -0.15) is 0 Å². The molecule has 0 aliphatic rings. The maximum absolute atomic E-state index is 10.5. The second-order valence-electron chi connectivity index (χ2n) is 3.94. The summed E-state index contributed by atoms with van der Waals surface area (Å²) >= 11 is 0. The Morgan fingerprint density at radius 1 is 1.50 bits per heavy atom. The van der Waals surface area contributed by atoms with E-state index in [1.807, 2.05) is 0 Å². The zero-order chi connectivity index (χ0) is 8.36. The van der Waals surface area contributed by atoms with Crippen LogP contribution in [0.15, 0.2) is 0 Å². The summed E-state index contributed by atoms with van der Waals surface area (Å²) in [6.45, 7) is 9.18. The van der Waals surface area contributed by atoms with Crippen LogP contribution in [0.3, 0.4) is 0 Å². The molecule has 1 unspecified atom stereocenters. The van der Waals surface area contributed by atoms with E-state index in [0.29, 0.717) is 6.04 Å². The SMILES string of the molecule is C[SiH](CC(N)=O)[Si](C)(C)C. The highest BCUT2D eigenvalue weighted by Crippen LogP contribution is 2.09. The van der Waals surface area contributed by atoms with Gasteiger partial charge in [0.2, 0.25) is 5.91 Å². The molecule has 10 heavy (non-hydrogen) atoms. The van der Waals surface area contributed by atoms with Gasteiger partial charge in [0.25, 0.3) is 0 Å². The van der Waals surface area contributed by atoms with Gasteiger partial charge in [0.15, 0.2) is 0 Å². The molecule has 0 heterocycles. The Labute approximate surface area is 65.2 Å². The summed E-state index contributed by atoms with van der Waals surface area (Å²) in [7, 11) is -1.77. The summed E-state index contributed by atoms with van der Waals surface area (Å²) in [5, 5.41) is 0. The lowest BCUT2D eigenvalue weighted by Gasteiger charge is -2.22. The fourth-order valence-electron chi connectivity index (χ4n) is 0.608. The zero-order valence-corrected chi connectivity index (χ0v) is 9.42. The first-order valence-corrected chi connectivity index (χ1v) is 10.9. The molecule has 0 aliphatic heterocycles. The molecule has 0 aromatic rings. The first-order valence-electron chi connectivity index (χ1n) is 3.62. The van der Waals surface area contributed by atoms with Crippen molar-refractivity contribution in [1.82, 2.24) is 0 Å². The van der Waals surface area contributed by atoms with Crippen molar-refractivity contribution in [2.24, 2.45) is 5.73 Å². The molecule has 0 rings (SSSR count). The Morgan fingerprint density at radius 2 is 1.90 bits per heavy atom. The van der Waals surface area contributed by atoms with Crippen LogP contribution >= 0.6 is 0 Å². The van der Waals surface area contributed by atoms with Crippen LogP contribution in [-0.4, -0.2) is 21.8 Å². The van der Waals surface area contributed by atoms with Crippen molar-refractivity contribution >= 4 is 21.8 Å². The number of rotatable bonds is 3. The Kier molecular flexibility index (Phi) is 3.31. The predicted molar refractivity (Wildman–Crippen MR) is 50.4 cm³/mol. The lowest BCUT2D eigenvalue weighted by Crippen LogP contribution is -2.42. The molecule has 0 saturated heterocycles. The molecule has 0 radical (unpaired) electrons. The third-order valence-electron chi connectivity index (χ3n) is 1.99. The topological polar surface area (TPSA) is 43.1 Å². The number of hydrogen-bond donors (Lipinski definition) is 1. The van der Waals surface area contributed by atoms with Gasteiger partial charge in [0.1, 0.15) is 0 Å². The Morgan fingerprint density at radius 3 is 2.00 bits per heavy atom. The van der Waals surface area contributed by atoms with Crippen LogP contribution in [0.4, 0.5) is 0 Å². The van der Waals surface area contributed by atoms with Crippen molar-refractivity contribution in [2.45, 2.75) is 32.2 Å². The first kappa shape index (κ1) is 9.90. The summed E-state index contributed by atoms with van der Waals surface area (Å²) < 4.78 is 0. The van der Waals surface area contributed by atoms with Gasteiger partial charge in [-0.1, -0.05) is 26.2 Å². The van der Waals surface area contributed by atoms with Gasteiger partial charge in [0.05, 0.1) is 0 Å². The molecule has 0 saturated carbocycles. The molecule has 0 aromatic heterocycles. The molecule has 1 atom stereocenters. The van der Waals surface area contributed by atoms with E-state index in [0.717, 1.165) is 0 Å². The fourth-order valence-corrected chi connectivity index (χ4v) is 4.26. The summed E-state index contributed by atoms with van der Waals surface area (Å²) in [4.78, 5) is 10.5. The monoisotopic (exact) mass is 175 g/mol. The van der Waals surface area contributed by atoms with Gasteiger partial charge in [-0.25, -0.2) is 0 Å². The molecule has 0 bridgehead atoms. The average molecular weight is 175 g/mol. The van der Waals surface area contributed by atoms with Crippen LogP contribution in [-0.2, 0) is 4.79 Å². The van der Waals surface area contributed by atoms with Crippen molar-refractivity contribution in [3.63, 3.8) is 0 Å². The minimum absolute atomic E-state index is 0.110. The standard InChI is InChI=1S/C6H17NOSi2/c1-9(5-6(7)8)10(2,3)4/h9H,5H2,1-4H3,(H2,7,8). The van der Waals surface area contributed by atoms with Gasteiger partial charge in [-0.3, -0.25) is 4.79 Å². The van der Waals surface area contributed by atoms with Crippen molar-refractivity contribution in [1.29, 1.82) is 0 Å². The fraction of sp³-hybridized carbons (Fsp3) is 0.833. The molecule has 0 aliphatic carbocycles. The number of amides is 1. The second-order valence-corrected chi connectivity index (χ2v) is 19.0. The molecule has 4 heteroatoms. The van der Waals surface area contributed by atoms with Crippen molar-refractivity contribution in [3.05, 3.63) is 0 Å². The summed E-state index contributed by atoms with van der Waals surface area (Å²) in [5.41, 5.74) is 5.11. The van der Waals surface area contributed by atoms with Crippen LogP contribution in [0, 0.1) is 0 Å². The van der Waals surface area contributed by atoms with Crippen LogP contribution in [0.2, 0.25) is 32.2 Å². The van der Waals surface area contributed by atoms with E-state index in [9.17, 15) is 4.79 Å². The van der Waals surface area contributed by atoms with Gasteiger partial charge >= 0.3 is 0 Å². The summed E-state index contributed by atoms with van der Waals surface area (Å²) in [6.07, 6.45) is 0.